The van der Waals surface area contributed by atoms with Crippen LogP contribution in [0.1, 0.15) is 31.7 Å². The Morgan fingerprint density at radius 1 is 1.30 bits per heavy atom. The zero-order chi connectivity index (χ0) is 22.9. The molecule has 1 unspecified atom stereocenters. The van der Waals surface area contributed by atoms with Crippen molar-refractivity contribution in [3.8, 4) is 5.69 Å². The molecule has 5 rings (SSSR count). The molecule has 1 aromatic carbocycles. The molecule has 2 aromatic heterocycles. The van der Waals surface area contributed by atoms with Crippen LogP contribution < -0.4 is 10.9 Å². The van der Waals surface area contributed by atoms with E-state index in [0.717, 1.165) is 25.1 Å². The molecule has 1 fully saturated rings. The number of fused-ring (bicyclic) bond motifs is 2. The van der Waals surface area contributed by atoms with Crippen LogP contribution in [0.5, 0.6) is 0 Å². The van der Waals surface area contributed by atoms with E-state index in [-0.39, 0.29) is 29.8 Å². The summed E-state index contributed by atoms with van der Waals surface area (Å²) in [5.41, 5.74) is 1.00. The Kier molecular flexibility index (Phi) is 6.11. The fraction of sp³-hybridized carbons (Fsp3) is 0.409. The monoisotopic (exact) mass is 486 g/mol. The lowest BCUT2D eigenvalue weighted by atomic mass is 10.2. The van der Waals surface area contributed by atoms with E-state index in [0.29, 0.717) is 46.5 Å². The first-order valence-corrected chi connectivity index (χ1v) is 12.3. The van der Waals surface area contributed by atoms with Crippen molar-refractivity contribution in [2.24, 2.45) is 0 Å². The summed E-state index contributed by atoms with van der Waals surface area (Å²) in [7, 11) is 0. The lowest BCUT2D eigenvalue weighted by molar-refractivity contribution is -0.127. The van der Waals surface area contributed by atoms with Crippen LogP contribution in [0, 0.1) is 0 Å². The highest BCUT2D eigenvalue weighted by molar-refractivity contribution is 7.99. The van der Waals surface area contributed by atoms with E-state index in [9.17, 15) is 14.4 Å². The van der Waals surface area contributed by atoms with E-state index in [1.165, 1.54) is 18.0 Å². The zero-order valence-corrected chi connectivity index (χ0v) is 19.4. The summed E-state index contributed by atoms with van der Waals surface area (Å²) in [5.74, 6) is 0.690. The Balaban J connectivity index is 1.27. The second kappa shape index (κ2) is 9.18. The van der Waals surface area contributed by atoms with Gasteiger partial charge < -0.3 is 10.2 Å². The first-order valence-electron chi connectivity index (χ1n) is 10.9. The molecule has 0 spiro atoms. The van der Waals surface area contributed by atoms with E-state index >= 15 is 0 Å². The molecule has 2 aliphatic heterocycles. The molecule has 0 radical (unpaired) electrons. The van der Waals surface area contributed by atoms with Gasteiger partial charge >= 0.3 is 0 Å². The highest BCUT2D eigenvalue weighted by Crippen LogP contribution is 2.33. The predicted octanol–water partition coefficient (Wildman–Crippen LogP) is 2.40. The summed E-state index contributed by atoms with van der Waals surface area (Å²) in [4.78, 5) is 43.9. The summed E-state index contributed by atoms with van der Waals surface area (Å²) in [6.07, 6.45) is 3.98. The number of benzene rings is 1. The maximum absolute atomic E-state index is 13.2. The third-order valence-electron chi connectivity index (χ3n) is 5.94. The molecule has 0 bridgehead atoms. The second-order valence-electron chi connectivity index (χ2n) is 8.20. The van der Waals surface area contributed by atoms with Gasteiger partial charge in [0.1, 0.15) is 5.39 Å². The number of carbonyl (C=O) groups is 2. The lowest BCUT2D eigenvalue weighted by Crippen LogP contribution is -2.33. The van der Waals surface area contributed by atoms with Gasteiger partial charge in [-0.15, -0.1) is 0 Å². The van der Waals surface area contributed by atoms with E-state index in [1.54, 1.807) is 21.4 Å². The van der Waals surface area contributed by atoms with E-state index in [2.05, 4.69) is 15.4 Å². The summed E-state index contributed by atoms with van der Waals surface area (Å²) in [6.45, 7) is 1.98. The number of aromatic nitrogens is 4. The molecule has 9 nitrogen and oxygen atoms in total. The van der Waals surface area contributed by atoms with Gasteiger partial charge in [0.05, 0.1) is 17.9 Å². The van der Waals surface area contributed by atoms with E-state index in [4.69, 9.17) is 11.6 Å². The average molecular weight is 487 g/mol. The van der Waals surface area contributed by atoms with Crippen molar-refractivity contribution in [3.05, 3.63) is 45.8 Å². The first kappa shape index (κ1) is 22.0. The third-order valence-corrected chi connectivity index (χ3v) is 7.28. The largest absolute Gasteiger partial charge is 0.356 e. The average Bonchev–Trinajstić information content (AvgIpc) is 3.51. The van der Waals surface area contributed by atoms with E-state index < -0.39 is 0 Å². The Bertz CT molecular complexity index is 1290. The molecule has 0 aliphatic carbocycles. The number of nitrogens with one attached hydrogen (secondary N) is 1. The van der Waals surface area contributed by atoms with Gasteiger partial charge in [0, 0.05) is 43.3 Å². The van der Waals surface area contributed by atoms with Crippen molar-refractivity contribution in [1.29, 1.82) is 0 Å². The minimum atomic E-state index is -0.260. The van der Waals surface area contributed by atoms with Crippen LogP contribution in [0.2, 0.25) is 5.02 Å². The molecule has 1 N–H and O–H groups in total. The quantitative estimate of drug-likeness (QED) is 0.406. The number of nitrogens with zero attached hydrogens (tertiary/aromatic N) is 5. The molecular weight excluding hydrogens is 464 g/mol. The van der Waals surface area contributed by atoms with Gasteiger partial charge in [0.25, 0.3) is 5.56 Å². The van der Waals surface area contributed by atoms with Gasteiger partial charge in [-0.05, 0) is 31.0 Å². The van der Waals surface area contributed by atoms with Crippen LogP contribution in [-0.4, -0.2) is 61.4 Å². The number of halogens is 1. The highest BCUT2D eigenvalue weighted by Gasteiger charge is 2.29. The minimum Gasteiger partial charge on any atom is -0.356 e. The zero-order valence-electron chi connectivity index (χ0n) is 17.9. The summed E-state index contributed by atoms with van der Waals surface area (Å²) >= 11 is 7.57. The van der Waals surface area contributed by atoms with Crippen LogP contribution in [0.4, 0.5) is 0 Å². The molecule has 4 heterocycles. The Morgan fingerprint density at radius 2 is 2.18 bits per heavy atom. The second-order valence-corrected chi connectivity index (χ2v) is 9.62. The smallest absolute Gasteiger partial charge is 0.265 e. The standard InChI is InChI=1S/C22H23ClN6O3S/c23-14-4-1-5-15(10-14)29-20-17(12-25-29)21(32)28-16(13-33-22(28)26-20)11-18(30)24-7-3-9-27-8-2-6-19(27)31/h1,4-5,10,12,16H,2-3,6-9,11,13H2,(H,24,30). The molecule has 1 atom stereocenters. The molecule has 172 valence electrons. The summed E-state index contributed by atoms with van der Waals surface area (Å²) in [6, 6.07) is 6.95. The van der Waals surface area contributed by atoms with Gasteiger partial charge in [0.15, 0.2) is 10.8 Å². The van der Waals surface area contributed by atoms with Crippen molar-refractivity contribution in [1.82, 2.24) is 29.5 Å². The molecule has 2 amide bonds. The maximum atomic E-state index is 13.2. The van der Waals surface area contributed by atoms with Crippen LogP contribution >= 0.6 is 23.4 Å². The number of thioether (sulfide) groups is 1. The lowest BCUT2D eigenvalue weighted by Gasteiger charge is -2.16. The topological polar surface area (TPSA) is 102 Å². The van der Waals surface area contributed by atoms with Crippen molar-refractivity contribution in [2.45, 2.75) is 36.9 Å². The fourth-order valence-electron chi connectivity index (χ4n) is 4.30. The molecule has 3 aromatic rings. The SMILES string of the molecule is O=C(CC1CSc2nc3c(cnn3-c3cccc(Cl)c3)c(=O)n21)NCCCN1CCCC1=O. The van der Waals surface area contributed by atoms with Crippen molar-refractivity contribution >= 4 is 46.2 Å². The van der Waals surface area contributed by atoms with E-state index in [1.807, 2.05) is 17.0 Å². The fourth-order valence-corrected chi connectivity index (χ4v) is 5.62. The normalized spacial score (nSPS) is 17.7. The number of hydrogen-bond acceptors (Lipinski definition) is 6. The van der Waals surface area contributed by atoms with Gasteiger partial charge in [-0.3, -0.25) is 19.0 Å². The van der Waals surface area contributed by atoms with Gasteiger partial charge in [0.2, 0.25) is 11.8 Å². The summed E-state index contributed by atoms with van der Waals surface area (Å²) < 4.78 is 3.22. The molecular formula is C22H23ClN6O3S. The van der Waals surface area contributed by atoms with Crippen molar-refractivity contribution in [2.75, 3.05) is 25.4 Å². The van der Waals surface area contributed by atoms with Crippen LogP contribution in [-0.2, 0) is 9.59 Å². The third kappa shape index (κ3) is 4.37. The molecule has 1 saturated heterocycles. The Hall–Kier alpha value is -2.85. The highest BCUT2D eigenvalue weighted by atomic mass is 35.5. The Labute approximate surface area is 199 Å². The van der Waals surface area contributed by atoms with Crippen LogP contribution in [0.15, 0.2) is 40.4 Å². The van der Waals surface area contributed by atoms with Gasteiger partial charge in [-0.25, -0.2) is 9.67 Å². The Morgan fingerprint density at radius 3 is 2.97 bits per heavy atom. The maximum Gasteiger partial charge on any atom is 0.265 e. The van der Waals surface area contributed by atoms with Gasteiger partial charge in [-0.2, -0.15) is 5.10 Å². The number of carbonyl (C=O) groups excluding carboxylic acids is 2. The molecule has 33 heavy (non-hydrogen) atoms. The van der Waals surface area contributed by atoms with Gasteiger partial charge in [-0.1, -0.05) is 29.4 Å². The van der Waals surface area contributed by atoms with Crippen LogP contribution in [0.3, 0.4) is 0 Å². The number of hydrogen-bond donors (Lipinski definition) is 1. The van der Waals surface area contributed by atoms with Crippen LogP contribution in [0.25, 0.3) is 16.7 Å². The molecule has 0 saturated carbocycles. The van der Waals surface area contributed by atoms with Crippen molar-refractivity contribution in [3.63, 3.8) is 0 Å². The van der Waals surface area contributed by atoms with Crippen molar-refractivity contribution < 1.29 is 9.59 Å². The number of amides is 2. The molecule has 2 aliphatic rings. The first-order chi connectivity index (χ1) is 16.0. The number of likely N-dealkylation sites (tertiary alicyclic amines) is 1. The summed E-state index contributed by atoms with van der Waals surface area (Å²) in [5, 5.41) is 8.82. The predicted molar refractivity (Wildman–Crippen MR) is 126 cm³/mol. The minimum absolute atomic E-state index is 0.109. The number of rotatable bonds is 7. The molecule has 11 heteroatoms.